The van der Waals surface area contributed by atoms with Crippen molar-refractivity contribution in [3.05, 3.63) is 68.2 Å². The summed E-state index contributed by atoms with van der Waals surface area (Å²) >= 11 is 12.0. The zero-order chi connectivity index (χ0) is 21.7. The fourth-order valence-electron chi connectivity index (χ4n) is 3.19. The van der Waals surface area contributed by atoms with Crippen molar-refractivity contribution in [2.75, 3.05) is 38.0 Å². The lowest BCUT2D eigenvalue weighted by atomic mass is 10.1. The smallest absolute Gasteiger partial charge is 0.271 e. The molecule has 0 radical (unpaired) electrons. The first-order valence-corrected chi connectivity index (χ1v) is 10.1. The molecule has 0 spiro atoms. The fraction of sp³-hybridized carbons (Fsp3) is 0.300. The molecule has 1 heterocycles. The molecular formula is C20H20Cl2N4O4. The normalized spacial score (nSPS) is 14.4. The summed E-state index contributed by atoms with van der Waals surface area (Å²) in [5.74, 6) is -0.360. The summed E-state index contributed by atoms with van der Waals surface area (Å²) in [6.07, 6.45) is 0.250. The van der Waals surface area contributed by atoms with E-state index in [2.05, 4.69) is 10.2 Å². The summed E-state index contributed by atoms with van der Waals surface area (Å²) in [4.78, 5) is 38.9. The van der Waals surface area contributed by atoms with Gasteiger partial charge in [-0.2, -0.15) is 0 Å². The summed E-state index contributed by atoms with van der Waals surface area (Å²) in [7, 11) is 0. The average molecular weight is 451 g/mol. The van der Waals surface area contributed by atoms with E-state index in [1.165, 1.54) is 18.2 Å². The number of nitrogens with one attached hydrogen (secondary N) is 1. The molecule has 8 nitrogen and oxygen atoms in total. The maximum Gasteiger partial charge on any atom is 0.271 e. The van der Waals surface area contributed by atoms with Gasteiger partial charge in [-0.1, -0.05) is 29.3 Å². The Kier molecular flexibility index (Phi) is 7.25. The van der Waals surface area contributed by atoms with Gasteiger partial charge in [0.25, 0.3) is 11.6 Å². The van der Waals surface area contributed by atoms with E-state index in [0.717, 1.165) is 0 Å². The highest BCUT2D eigenvalue weighted by Crippen LogP contribution is 2.23. The average Bonchev–Trinajstić information content (AvgIpc) is 2.72. The molecule has 1 aliphatic heterocycles. The lowest BCUT2D eigenvalue weighted by Crippen LogP contribution is -2.49. The van der Waals surface area contributed by atoms with Crippen LogP contribution in [-0.4, -0.2) is 59.3 Å². The largest absolute Gasteiger partial charge is 0.336 e. The van der Waals surface area contributed by atoms with Crippen LogP contribution in [0, 0.1) is 10.1 Å². The molecule has 2 aromatic rings. The molecule has 1 fully saturated rings. The number of non-ortho nitro benzene ring substituents is 1. The highest BCUT2D eigenvalue weighted by molar-refractivity contribution is 6.36. The monoisotopic (exact) mass is 450 g/mol. The van der Waals surface area contributed by atoms with Gasteiger partial charge in [-0.05, 0) is 24.3 Å². The highest BCUT2D eigenvalue weighted by atomic mass is 35.5. The van der Waals surface area contributed by atoms with Crippen LogP contribution < -0.4 is 5.32 Å². The number of rotatable bonds is 6. The third-order valence-electron chi connectivity index (χ3n) is 4.82. The van der Waals surface area contributed by atoms with Crippen LogP contribution in [0.15, 0.2) is 42.5 Å². The predicted molar refractivity (Wildman–Crippen MR) is 115 cm³/mol. The summed E-state index contributed by atoms with van der Waals surface area (Å²) in [5.41, 5.74) is 0.740. The molecule has 30 heavy (non-hydrogen) atoms. The van der Waals surface area contributed by atoms with Crippen LogP contribution in [0.3, 0.4) is 0 Å². The van der Waals surface area contributed by atoms with Crippen LogP contribution in [0.1, 0.15) is 16.8 Å². The number of carbonyl (C=O) groups is 2. The van der Waals surface area contributed by atoms with Crippen LogP contribution >= 0.6 is 23.2 Å². The van der Waals surface area contributed by atoms with Gasteiger partial charge in [0.15, 0.2) is 0 Å². The summed E-state index contributed by atoms with van der Waals surface area (Å²) in [6, 6.07) is 10.6. The van der Waals surface area contributed by atoms with E-state index in [9.17, 15) is 19.7 Å². The quantitative estimate of drug-likeness (QED) is 0.534. The van der Waals surface area contributed by atoms with Crippen LogP contribution in [-0.2, 0) is 4.79 Å². The van der Waals surface area contributed by atoms with Crippen molar-refractivity contribution >= 4 is 46.4 Å². The van der Waals surface area contributed by atoms with Gasteiger partial charge in [-0.3, -0.25) is 24.6 Å². The van der Waals surface area contributed by atoms with Crippen molar-refractivity contribution in [2.45, 2.75) is 6.42 Å². The number of amides is 2. The van der Waals surface area contributed by atoms with Crippen molar-refractivity contribution in [3.8, 4) is 0 Å². The minimum Gasteiger partial charge on any atom is -0.336 e. The van der Waals surface area contributed by atoms with Gasteiger partial charge in [0.05, 0.1) is 15.5 Å². The number of hydrogen-bond acceptors (Lipinski definition) is 5. The molecule has 3 rings (SSSR count). The first kappa shape index (κ1) is 22.0. The molecule has 0 saturated carbocycles. The van der Waals surface area contributed by atoms with Crippen molar-refractivity contribution in [1.82, 2.24) is 9.80 Å². The molecule has 1 N–H and O–H groups in total. The SMILES string of the molecule is O=C(CCN1CCN(C(=O)c2ccc(Cl)cc2Cl)CC1)Nc1cccc([N+](=O)[O-])c1. The molecule has 0 bridgehead atoms. The second kappa shape index (κ2) is 9.88. The Morgan fingerprint density at radius 2 is 1.80 bits per heavy atom. The number of piperazine rings is 1. The Labute approximate surface area is 183 Å². The molecule has 158 valence electrons. The molecule has 1 saturated heterocycles. The van der Waals surface area contributed by atoms with Crippen molar-refractivity contribution < 1.29 is 14.5 Å². The molecule has 1 aliphatic rings. The Morgan fingerprint density at radius 1 is 1.07 bits per heavy atom. The third kappa shape index (κ3) is 5.69. The first-order chi connectivity index (χ1) is 14.3. The number of nitrogens with zero attached hydrogens (tertiary/aromatic N) is 3. The molecule has 2 aromatic carbocycles. The van der Waals surface area contributed by atoms with Gasteiger partial charge in [0.1, 0.15) is 0 Å². The van der Waals surface area contributed by atoms with E-state index >= 15 is 0 Å². The van der Waals surface area contributed by atoms with Gasteiger partial charge < -0.3 is 10.2 Å². The molecule has 0 aliphatic carbocycles. The Bertz CT molecular complexity index is 962. The van der Waals surface area contributed by atoms with Gasteiger partial charge in [0.2, 0.25) is 5.91 Å². The maximum atomic E-state index is 12.7. The zero-order valence-corrected chi connectivity index (χ0v) is 17.5. The molecule has 0 aromatic heterocycles. The van der Waals surface area contributed by atoms with E-state index < -0.39 is 4.92 Å². The molecule has 10 heteroatoms. The molecular weight excluding hydrogens is 431 g/mol. The number of anilines is 1. The second-order valence-electron chi connectivity index (χ2n) is 6.86. The van der Waals surface area contributed by atoms with Crippen molar-refractivity contribution in [1.29, 1.82) is 0 Å². The number of nitro groups is 1. The van der Waals surface area contributed by atoms with Crippen molar-refractivity contribution in [2.24, 2.45) is 0 Å². The highest BCUT2D eigenvalue weighted by Gasteiger charge is 2.24. The lowest BCUT2D eigenvalue weighted by Gasteiger charge is -2.34. The lowest BCUT2D eigenvalue weighted by molar-refractivity contribution is -0.384. The van der Waals surface area contributed by atoms with Crippen LogP contribution in [0.5, 0.6) is 0 Å². The maximum absolute atomic E-state index is 12.7. The van der Waals surface area contributed by atoms with Gasteiger partial charge in [-0.25, -0.2) is 0 Å². The van der Waals surface area contributed by atoms with E-state index in [4.69, 9.17) is 23.2 Å². The van der Waals surface area contributed by atoms with Gasteiger partial charge >= 0.3 is 0 Å². The topological polar surface area (TPSA) is 95.8 Å². The number of hydrogen-bond donors (Lipinski definition) is 1. The van der Waals surface area contributed by atoms with E-state index in [0.29, 0.717) is 54.0 Å². The van der Waals surface area contributed by atoms with Gasteiger partial charge in [0, 0.05) is 62.0 Å². The Balaban J connectivity index is 1.45. The number of nitro benzene ring substituents is 1. The second-order valence-corrected chi connectivity index (χ2v) is 7.71. The summed E-state index contributed by atoms with van der Waals surface area (Å²) in [6.45, 7) is 2.88. The molecule has 0 unspecified atom stereocenters. The summed E-state index contributed by atoms with van der Waals surface area (Å²) in [5, 5.41) is 14.3. The minimum absolute atomic E-state index is 0.0746. The van der Waals surface area contributed by atoms with E-state index in [1.54, 1.807) is 29.2 Å². The number of halogens is 2. The minimum atomic E-state index is -0.506. The van der Waals surface area contributed by atoms with Crippen LogP contribution in [0.4, 0.5) is 11.4 Å². The molecule has 0 atom stereocenters. The fourth-order valence-corrected chi connectivity index (χ4v) is 3.68. The van der Waals surface area contributed by atoms with E-state index in [-0.39, 0.29) is 23.9 Å². The first-order valence-electron chi connectivity index (χ1n) is 9.34. The van der Waals surface area contributed by atoms with Crippen LogP contribution in [0.25, 0.3) is 0 Å². The van der Waals surface area contributed by atoms with Crippen molar-refractivity contribution in [3.63, 3.8) is 0 Å². The van der Waals surface area contributed by atoms with E-state index in [1.807, 2.05) is 0 Å². The van der Waals surface area contributed by atoms with Crippen LogP contribution in [0.2, 0.25) is 10.0 Å². The third-order valence-corrected chi connectivity index (χ3v) is 5.36. The van der Waals surface area contributed by atoms with Gasteiger partial charge in [-0.15, -0.1) is 0 Å². The Morgan fingerprint density at radius 3 is 2.47 bits per heavy atom. The number of carbonyl (C=O) groups excluding carboxylic acids is 2. The summed E-state index contributed by atoms with van der Waals surface area (Å²) < 4.78 is 0. The standard InChI is InChI=1S/C20H20Cl2N4O4/c21-14-4-5-17(18(22)12-14)20(28)25-10-8-24(9-11-25)7-6-19(27)23-15-2-1-3-16(13-15)26(29)30/h1-5,12-13H,6-11H2,(H,23,27). The predicted octanol–water partition coefficient (Wildman–Crippen LogP) is 3.69. The number of benzene rings is 2. The molecule has 2 amide bonds. The Hall–Kier alpha value is -2.68. The zero-order valence-electron chi connectivity index (χ0n) is 16.0.